The van der Waals surface area contributed by atoms with Crippen LogP contribution in [0.4, 0.5) is 0 Å². The van der Waals surface area contributed by atoms with Gasteiger partial charge in [-0.2, -0.15) is 0 Å². The minimum atomic E-state index is -0.485. The average molecular weight is 408 g/mol. The normalized spacial score (nSPS) is 20.1. The van der Waals surface area contributed by atoms with E-state index in [9.17, 15) is 9.59 Å². The number of aliphatic imine (C=N–C) groups is 1. The van der Waals surface area contributed by atoms with Crippen molar-refractivity contribution >= 4 is 17.8 Å². The van der Waals surface area contributed by atoms with Crippen LogP contribution < -0.4 is 11.1 Å². The highest BCUT2D eigenvalue weighted by Gasteiger charge is 2.38. The minimum absolute atomic E-state index is 0.0580. The number of nitrogens with zero attached hydrogens (tertiary/aromatic N) is 3. The van der Waals surface area contributed by atoms with E-state index in [0.29, 0.717) is 12.0 Å². The number of carbonyl (C=O) groups excluding carboxylic acids is 2. The van der Waals surface area contributed by atoms with E-state index in [0.717, 1.165) is 11.3 Å². The van der Waals surface area contributed by atoms with Crippen LogP contribution in [-0.2, 0) is 11.3 Å². The van der Waals surface area contributed by atoms with Crippen LogP contribution in [0.15, 0.2) is 53.7 Å². The second-order valence-corrected chi connectivity index (χ2v) is 8.29. The predicted molar refractivity (Wildman–Crippen MR) is 117 cm³/mol. The summed E-state index contributed by atoms with van der Waals surface area (Å²) in [5.41, 5.74) is 7.76. The van der Waals surface area contributed by atoms with Gasteiger partial charge < -0.3 is 11.1 Å². The first kappa shape index (κ1) is 21.5. The van der Waals surface area contributed by atoms with Crippen molar-refractivity contribution in [1.82, 2.24) is 15.2 Å². The maximum atomic E-state index is 12.7. The van der Waals surface area contributed by atoms with E-state index < -0.39 is 5.54 Å². The van der Waals surface area contributed by atoms with Crippen LogP contribution in [0, 0.1) is 5.92 Å². The average Bonchev–Trinajstić information content (AvgIpc) is 2.71. The summed E-state index contributed by atoms with van der Waals surface area (Å²) in [4.78, 5) is 35.8. The Morgan fingerprint density at radius 1 is 1.23 bits per heavy atom. The number of hydrogen-bond donors (Lipinski definition) is 2. The van der Waals surface area contributed by atoms with Crippen molar-refractivity contribution in [1.29, 1.82) is 0 Å². The monoisotopic (exact) mass is 407 g/mol. The molecule has 0 saturated carbocycles. The Labute approximate surface area is 177 Å². The van der Waals surface area contributed by atoms with Crippen LogP contribution in [-0.4, -0.2) is 33.2 Å². The largest absolute Gasteiger partial charge is 0.369 e. The third-order valence-corrected chi connectivity index (χ3v) is 5.71. The third kappa shape index (κ3) is 4.67. The molecule has 0 radical (unpaired) electrons. The summed E-state index contributed by atoms with van der Waals surface area (Å²) < 4.78 is 0. The van der Waals surface area contributed by atoms with Gasteiger partial charge in [-0.25, -0.2) is 4.99 Å². The number of aromatic nitrogens is 1. The summed E-state index contributed by atoms with van der Waals surface area (Å²) in [5, 5.41) is 2.95. The van der Waals surface area contributed by atoms with Crippen molar-refractivity contribution in [3.8, 4) is 0 Å². The molecule has 1 aliphatic heterocycles. The van der Waals surface area contributed by atoms with E-state index in [4.69, 9.17) is 5.73 Å². The molecule has 1 unspecified atom stereocenters. The molecule has 0 saturated heterocycles. The smallest absolute Gasteiger partial charge is 0.251 e. The molecule has 2 atom stereocenters. The van der Waals surface area contributed by atoms with Crippen molar-refractivity contribution < 1.29 is 9.59 Å². The summed E-state index contributed by atoms with van der Waals surface area (Å²) >= 11 is 0. The fraction of sp³-hybridized carbons (Fsp3) is 0.391. The summed E-state index contributed by atoms with van der Waals surface area (Å²) in [5.74, 6) is 0.169. The van der Waals surface area contributed by atoms with E-state index >= 15 is 0 Å². The molecule has 1 aromatic carbocycles. The summed E-state index contributed by atoms with van der Waals surface area (Å²) in [6, 6.07) is 12.6. The number of nitrogens with two attached hydrogens (primary N) is 1. The molecule has 30 heavy (non-hydrogen) atoms. The molecule has 2 amide bonds. The lowest BCUT2D eigenvalue weighted by molar-refractivity contribution is -0.130. The second-order valence-electron chi connectivity index (χ2n) is 8.29. The van der Waals surface area contributed by atoms with Crippen molar-refractivity contribution in [2.24, 2.45) is 16.6 Å². The molecular formula is C23H29N5O2. The molecule has 2 aromatic rings. The number of guanidine groups is 1. The molecule has 3 rings (SSSR count). The highest BCUT2D eigenvalue weighted by molar-refractivity contribution is 5.99. The Bertz CT molecular complexity index is 957. The molecule has 2 heterocycles. The SMILES string of the molecule is CC(NC(=O)c1cccc(CN2C(=O)C[C@@](C)(C(C)C)N=C2N)c1)c1ccccn1. The molecule has 0 bridgehead atoms. The van der Waals surface area contributed by atoms with Crippen LogP contribution in [0.25, 0.3) is 0 Å². The van der Waals surface area contributed by atoms with Gasteiger partial charge in [0.15, 0.2) is 5.96 Å². The number of pyridine rings is 1. The Balaban J connectivity index is 1.73. The number of amides is 2. The van der Waals surface area contributed by atoms with Gasteiger partial charge in [0.25, 0.3) is 5.91 Å². The number of benzene rings is 1. The standard InChI is InChI=1S/C23H29N5O2/c1-15(2)23(4)13-20(29)28(22(24)27-23)14-17-8-7-9-18(12-17)21(30)26-16(3)19-10-5-6-11-25-19/h5-12,15-16H,13-14H2,1-4H3,(H2,24,27)(H,26,30)/t16?,23-/m0/s1. The summed E-state index contributed by atoms with van der Waals surface area (Å²) in [6.07, 6.45) is 2.01. The van der Waals surface area contributed by atoms with E-state index in [1.165, 1.54) is 4.90 Å². The van der Waals surface area contributed by atoms with Crippen LogP contribution in [0.3, 0.4) is 0 Å². The Kier molecular flexibility index (Phi) is 6.20. The van der Waals surface area contributed by atoms with Crippen LogP contribution in [0.1, 0.15) is 61.8 Å². The molecule has 158 valence electrons. The Hall–Kier alpha value is -3.22. The molecular weight excluding hydrogens is 378 g/mol. The van der Waals surface area contributed by atoms with Gasteiger partial charge >= 0.3 is 0 Å². The van der Waals surface area contributed by atoms with Gasteiger partial charge in [0.05, 0.1) is 30.2 Å². The van der Waals surface area contributed by atoms with Crippen LogP contribution in [0.5, 0.6) is 0 Å². The first-order chi connectivity index (χ1) is 14.2. The first-order valence-corrected chi connectivity index (χ1v) is 10.2. The molecule has 3 N–H and O–H groups in total. The Morgan fingerprint density at radius 3 is 2.63 bits per heavy atom. The van der Waals surface area contributed by atoms with Crippen LogP contribution in [0.2, 0.25) is 0 Å². The van der Waals surface area contributed by atoms with E-state index in [1.807, 2.05) is 52.0 Å². The van der Waals surface area contributed by atoms with Gasteiger partial charge in [-0.3, -0.25) is 19.5 Å². The summed E-state index contributed by atoms with van der Waals surface area (Å²) in [7, 11) is 0. The van der Waals surface area contributed by atoms with E-state index in [2.05, 4.69) is 15.3 Å². The van der Waals surface area contributed by atoms with Gasteiger partial charge in [0, 0.05) is 11.8 Å². The van der Waals surface area contributed by atoms with E-state index in [-0.39, 0.29) is 36.3 Å². The van der Waals surface area contributed by atoms with Crippen molar-refractivity contribution in [2.75, 3.05) is 0 Å². The van der Waals surface area contributed by atoms with Crippen LogP contribution >= 0.6 is 0 Å². The van der Waals surface area contributed by atoms with Gasteiger partial charge in [0.2, 0.25) is 5.91 Å². The molecule has 7 heteroatoms. The lowest BCUT2D eigenvalue weighted by Gasteiger charge is -2.37. The third-order valence-electron chi connectivity index (χ3n) is 5.71. The highest BCUT2D eigenvalue weighted by Crippen LogP contribution is 2.30. The van der Waals surface area contributed by atoms with Crippen molar-refractivity contribution in [3.05, 3.63) is 65.5 Å². The lowest BCUT2D eigenvalue weighted by atomic mass is 9.84. The van der Waals surface area contributed by atoms with E-state index in [1.54, 1.807) is 24.4 Å². The predicted octanol–water partition coefficient (Wildman–Crippen LogP) is 3.03. The second kappa shape index (κ2) is 8.65. The molecule has 0 spiro atoms. The number of carbonyl (C=O) groups is 2. The van der Waals surface area contributed by atoms with Gasteiger partial charge in [-0.1, -0.05) is 32.0 Å². The first-order valence-electron chi connectivity index (χ1n) is 10.2. The zero-order valence-electron chi connectivity index (χ0n) is 17.9. The number of hydrogen-bond acceptors (Lipinski definition) is 5. The zero-order chi connectivity index (χ0) is 21.9. The van der Waals surface area contributed by atoms with Gasteiger partial charge in [-0.05, 0) is 49.6 Å². The maximum Gasteiger partial charge on any atom is 0.251 e. The number of nitrogens with one attached hydrogen (secondary N) is 1. The van der Waals surface area contributed by atoms with Crippen molar-refractivity contribution in [3.63, 3.8) is 0 Å². The van der Waals surface area contributed by atoms with Gasteiger partial charge in [0.1, 0.15) is 0 Å². The minimum Gasteiger partial charge on any atom is -0.369 e. The lowest BCUT2D eigenvalue weighted by Crippen LogP contribution is -2.51. The molecule has 0 aliphatic carbocycles. The topological polar surface area (TPSA) is 101 Å². The van der Waals surface area contributed by atoms with Crippen molar-refractivity contribution in [2.45, 2.75) is 52.2 Å². The quantitative estimate of drug-likeness (QED) is 0.768. The fourth-order valence-electron chi connectivity index (χ4n) is 3.37. The molecule has 1 aromatic heterocycles. The number of rotatable bonds is 6. The Morgan fingerprint density at radius 2 is 2.00 bits per heavy atom. The fourth-order valence-corrected chi connectivity index (χ4v) is 3.37. The highest BCUT2D eigenvalue weighted by atomic mass is 16.2. The maximum absolute atomic E-state index is 12.7. The summed E-state index contributed by atoms with van der Waals surface area (Å²) in [6.45, 7) is 8.19. The molecule has 1 aliphatic rings. The van der Waals surface area contributed by atoms with Gasteiger partial charge in [-0.15, -0.1) is 0 Å². The zero-order valence-corrected chi connectivity index (χ0v) is 17.9. The molecule has 0 fully saturated rings. The molecule has 7 nitrogen and oxygen atoms in total.